The maximum atomic E-state index is 9.80. The molecule has 0 amide bonds. The molecular formula is C13H8ClNOS2. The molecule has 0 saturated carbocycles. The summed E-state index contributed by atoms with van der Waals surface area (Å²) in [6.07, 6.45) is 0. The smallest absolute Gasteiger partial charge is 0.127 e. The Morgan fingerprint density at radius 3 is 2.67 bits per heavy atom. The van der Waals surface area contributed by atoms with E-state index in [0.29, 0.717) is 0 Å². The zero-order valence-corrected chi connectivity index (χ0v) is 11.5. The monoisotopic (exact) mass is 293 g/mol. The van der Waals surface area contributed by atoms with E-state index in [0.717, 1.165) is 26.2 Å². The molecule has 0 spiro atoms. The van der Waals surface area contributed by atoms with Crippen molar-refractivity contribution >= 4 is 34.3 Å². The van der Waals surface area contributed by atoms with E-state index < -0.39 is 0 Å². The van der Waals surface area contributed by atoms with Gasteiger partial charge in [0.2, 0.25) is 0 Å². The second-order valence-electron chi connectivity index (χ2n) is 3.69. The highest BCUT2D eigenvalue weighted by Gasteiger charge is 2.10. The number of hydrogen-bond donors (Lipinski definition) is 1. The normalized spacial score (nSPS) is 10.7. The van der Waals surface area contributed by atoms with E-state index in [2.05, 4.69) is 4.98 Å². The van der Waals surface area contributed by atoms with Crippen molar-refractivity contribution < 1.29 is 5.11 Å². The van der Waals surface area contributed by atoms with Crippen LogP contribution in [0.3, 0.4) is 0 Å². The van der Waals surface area contributed by atoms with Crippen LogP contribution in [-0.2, 0) is 0 Å². The zero-order chi connectivity index (χ0) is 12.5. The van der Waals surface area contributed by atoms with Gasteiger partial charge in [0.15, 0.2) is 0 Å². The second kappa shape index (κ2) is 4.72. The molecule has 0 radical (unpaired) electrons. The Kier molecular flexibility index (Phi) is 3.07. The summed E-state index contributed by atoms with van der Waals surface area (Å²) in [5.41, 5.74) is 2.67. The SMILES string of the molecule is Oc1ccccc1-c1nc(-c2csc(Cl)c2)cs1. The number of thiazole rings is 1. The third-order valence-electron chi connectivity index (χ3n) is 2.50. The molecule has 2 aromatic heterocycles. The van der Waals surface area contributed by atoms with Gasteiger partial charge in [0, 0.05) is 16.3 Å². The lowest BCUT2D eigenvalue weighted by atomic mass is 10.2. The van der Waals surface area contributed by atoms with E-state index in [1.165, 1.54) is 22.7 Å². The molecule has 0 bridgehead atoms. The van der Waals surface area contributed by atoms with Gasteiger partial charge in [-0.1, -0.05) is 23.7 Å². The Morgan fingerprint density at radius 2 is 1.94 bits per heavy atom. The minimum atomic E-state index is 0.252. The molecule has 5 heteroatoms. The number of benzene rings is 1. The molecule has 0 atom stereocenters. The number of aromatic hydroxyl groups is 1. The van der Waals surface area contributed by atoms with Gasteiger partial charge in [0.05, 0.1) is 15.6 Å². The fraction of sp³-hybridized carbons (Fsp3) is 0. The number of hydrogen-bond acceptors (Lipinski definition) is 4. The van der Waals surface area contributed by atoms with Crippen molar-refractivity contribution in [3.63, 3.8) is 0 Å². The standard InChI is InChI=1S/C13H8ClNOS2/c14-12-5-8(6-17-12)10-7-18-13(15-10)9-3-1-2-4-11(9)16/h1-7,16H. The van der Waals surface area contributed by atoms with Crippen molar-refractivity contribution in [2.24, 2.45) is 0 Å². The van der Waals surface area contributed by atoms with Crippen LogP contribution in [0.25, 0.3) is 21.8 Å². The first kappa shape index (κ1) is 11.7. The lowest BCUT2D eigenvalue weighted by molar-refractivity contribution is 0.477. The number of thiophene rings is 1. The Hall–Kier alpha value is -1.36. The first-order valence-corrected chi connectivity index (χ1v) is 7.36. The molecule has 18 heavy (non-hydrogen) atoms. The van der Waals surface area contributed by atoms with Gasteiger partial charge < -0.3 is 5.11 Å². The second-order valence-corrected chi connectivity index (χ2v) is 6.10. The van der Waals surface area contributed by atoms with Crippen molar-refractivity contribution in [1.82, 2.24) is 4.98 Å². The fourth-order valence-electron chi connectivity index (χ4n) is 1.63. The maximum Gasteiger partial charge on any atom is 0.127 e. The number of para-hydroxylation sites is 1. The predicted octanol–water partition coefficient (Wildman–Crippen LogP) is 4.90. The summed E-state index contributed by atoms with van der Waals surface area (Å²) in [4.78, 5) is 4.53. The van der Waals surface area contributed by atoms with Crippen molar-refractivity contribution in [3.05, 3.63) is 45.4 Å². The largest absolute Gasteiger partial charge is 0.507 e. The number of phenols is 1. The predicted molar refractivity (Wildman–Crippen MR) is 77.5 cm³/mol. The summed E-state index contributed by atoms with van der Waals surface area (Å²) in [6.45, 7) is 0. The topological polar surface area (TPSA) is 33.1 Å². The summed E-state index contributed by atoms with van der Waals surface area (Å²) in [7, 11) is 0. The molecule has 0 fully saturated rings. The highest BCUT2D eigenvalue weighted by molar-refractivity contribution is 7.15. The lowest BCUT2D eigenvalue weighted by Crippen LogP contribution is -1.78. The Morgan fingerprint density at radius 1 is 1.11 bits per heavy atom. The molecule has 2 heterocycles. The van der Waals surface area contributed by atoms with Gasteiger partial charge in [-0.2, -0.15) is 0 Å². The first-order chi connectivity index (χ1) is 8.74. The van der Waals surface area contributed by atoms with Gasteiger partial charge in [-0.3, -0.25) is 0 Å². The average molecular weight is 294 g/mol. The van der Waals surface area contributed by atoms with E-state index in [1.807, 2.05) is 29.0 Å². The number of nitrogens with zero attached hydrogens (tertiary/aromatic N) is 1. The van der Waals surface area contributed by atoms with Gasteiger partial charge in [0.1, 0.15) is 10.8 Å². The van der Waals surface area contributed by atoms with Gasteiger partial charge in [-0.25, -0.2) is 4.98 Å². The molecule has 90 valence electrons. The summed E-state index contributed by atoms with van der Waals surface area (Å²) >= 11 is 8.91. The van der Waals surface area contributed by atoms with Gasteiger partial charge in [-0.15, -0.1) is 22.7 Å². The highest BCUT2D eigenvalue weighted by atomic mass is 35.5. The first-order valence-electron chi connectivity index (χ1n) is 5.22. The minimum absolute atomic E-state index is 0.252. The maximum absolute atomic E-state index is 9.80. The summed E-state index contributed by atoms with van der Waals surface area (Å²) < 4.78 is 0.752. The van der Waals surface area contributed by atoms with Crippen LogP contribution in [0.4, 0.5) is 0 Å². The number of phenolic OH excluding ortho intramolecular Hbond substituents is 1. The molecule has 3 aromatic rings. The molecular weight excluding hydrogens is 286 g/mol. The molecule has 3 rings (SSSR count). The van der Waals surface area contributed by atoms with Crippen LogP contribution in [0.1, 0.15) is 0 Å². The van der Waals surface area contributed by atoms with Gasteiger partial charge >= 0.3 is 0 Å². The molecule has 1 N–H and O–H groups in total. The van der Waals surface area contributed by atoms with E-state index in [-0.39, 0.29) is 5.75 Å². The minimum Gasteiger partial charge on any atom is -0.507 e. The third kappa shape index (κ3) is 2.14. The summed E-state index contributed by atoms with van der Waals surface area (Å²) in [5, 5.41) is 14.6. The summed E-state index contributed by atoms with van der Waals surface area (Å²) in [5.74, 6) is 0.252. The highest BCUT2D eigenvalue weighted by Crippen LogP contribution is 2.35. The molecule has 2 nitrogen and oxygen atoms in total. The van der Waals surface area contributed by atoms with Crippen LogP contribution in [0.5, 0.6) is 5.75 Å². The van der Waals surface area contributed by atoms with E-state index in [4.69, 9.17) is 11.6 Å². The molecule has 0 saturated heterocycles. The molecule has 0 aliphatic carbocycles. The number of halogens is 1. The van der Waals surface area contributed by atoms with Crippen LogP contribution in [0.2, 0.25) is 4.34 Å². The van der Waals surface area contributed by atoms with Crippen LogP contribution < -0.4 is 0 Å². The quantitative estimate of drug-likeness (QED) is 0.729. The van der Waals surface area contributed by atoms with Crippen LogP contribution >= 0.6 is 34.3 Å². The molecule has 0 aliphatic heterocycles. The van der Waals surface area contributed by atoms with Gasteiger partial charge in [0.25, 0.3) is 0 Å². The van der Waals surface area contributed by atoms with Crippen molar-refractivity contribution in [3.8, 4) is 27.6 Å². The molecule has 1 aromatic carbocycles. The number of rotatable bonds is 2. The zero-order valence-electron chi connectivity index (χ0n) is 9.13. The third-order valence-corrected chi connectivity index (χ3v) is 4.47. The van der Waals surface area contributed by atoms with Crippen molar-refractivity contribution in [2.45, 2.75) is 0 Å². The van der Waals surface area contributed by atoms with E-state index in [1.54, 1.807) is 12.1 Å². The molecule has 0 aliphatic rings. The summed E-state index contributed by atoms with van der Waals surface area (Å²) in [6, 6.07) is 9.11. The Bertz CT molecular complexity index is 690. The Balaban J connectivity index is 2.02. The Labute approximate surface area is 117 Å². The van der Waals surface area contributed by atoms with E-state index in [9.17, 15) is 5.11 Å². The number of aromatic nitrogens is 1. The lowest BCUT2D eigenvalue weighted by Gasteiger charge is -1.98. The van der Waals surface area contributed by atoms with Crippen LogP contribution in [0.15, 0.2) is 41.1 Å². The van der Waals surface area contributed by atoms with Crippen molar-refractivity contribution in [1.29, 1.82) is 0 Å². The fourth-order valence-corrected chi connectivity index (χ4v) is 3.37. The average Bonchev–Trinajstić information content (AvgIpc) is 2.98. The van der Waals surface area contributed by atoms with Crippen molar-refractivity contribution in [2.75, 3.05) is 0 Å². The van der Waals surface area contributed by atoms with Crippen LogP contribution in [-0.4, -0.2) is 10.1 Å². The van der Waals surface area contributed by atoms with Gasteiger partial charge in [-0.05, 0) is 18.2 Å². The van der Waals surface area contributed by atoms with E-state index >= 15 is 0 Å². The molecule has 0 unspecified atom stereocenters. The van der Waals surface area contributed by atoms with Crippen LogP contribution in [0, 0.1) is 0 Å².